The Bertz CT molecular complexity index is 834. The maximum Gasteiger partial charge on any atom is 0.194 e. The van der Waals surface area contributed by atoms with Crippen LogP contribution in [0.1, 0.15) is 34.3 Å². The number of piperidine rings is 1. The van der Waals surface area contributed by atoms with Gasteiger partial charge in [-0.15, -0.1) is 0 Å². The molecule has 0 spiro atoms. The zero-order valence-electron chi connectivity index (χ0n) is 14.1. The van der Waals surface area contributed by atoms with Crippen LogP contribution >= 0.6 is 0 Å². The van der Waals surface area contributed by atoms with Crippen molar-refractivity contribution >= 4 is 11.5 Å². The smallest absolute Gasteiger partial charge is 0.194 e. The molecule has 3 fully saturated rings. The molecule has 2 bridgehead atoms. The summed E-state index contributed by atoms with van der Waals surface area (Å²) in [6, 6.07) is 13.3. The minimum Gasteiger partial charge on any atom is -0.367 e. The van der Waals surface area contributed by atoms with Gasteiger partial charge in [0.2, 0.25) is 0 Å². The third-order valence-corrected chi connectivity index (χ3v) is 6.02. The van der Waals surface area contributed by atoms with E-state index in [-0.39, 0.29) is 5.78 Å². The lowest BCUT2D eigenvalue weighted by molar-refractivity contribution is 0.104. The van der Waals surface area contributed by atoms with E-state index in [2.05, 4.69) is 34.1 Å². The molecule has 0 radical (unpaired) electrons. The average molecular weight is 318 g/mol. The van der Waals surface area contributed by atoms with E-state index in [0.717, 1.165) is 40.9 Å². The minimum atomic E-state index is 0.197. The molecular weight excluding hydrogens is 296 g/mol. The first kappa shape index (κ1) is 14.2. The fraction of sp³-hybridized carbons (Fsp3) is 0.381. The van der Waals surface area contributed by atoms with Crippen molar-refractivity contribution in [2.45, 2.75) is 25.8 Å². The first-order valence-corrected chi connectivity index (χ1v) is 9.00. The number of aryl methyl sites for hydroxylation is 1. The lowest BCUT2D eigenvalue weighted by Gasteiger charge is -2.33. The zero-order chi connectivity index (χ0) is 16.3. The summed E-state index contributed by atoms with van der Waals surface area (Å²) in [6.45, 7) is 6.68. The van der Waals surface area contributed by atoms with Crippen molar-refractivity contribution in [2.75, 3.05) is 31.1 Å². The lowest BCUT2D eigenvalue weighted by atomic mass is 10.0. The number of ketones is 1. The molecule has 0 amide bonds. The second-order valence-electron chi connectivity index (χ2n) is 7.32. The summed E-state index contributed by atoms with van der Waals surface area (Å²) in [4.78, 5) is 18.0. The van der Waals surface area contributed by atoms with Crippen LogP contribution in [0.15, 0.2) is 36.4 Å². The van der Waals surface area contributed by atoms with Crippen molar-refractivity contribution in [3.8, 4) is 11.1 Å². The van der Waals surface area contributed by atoms with Crippen LogP contribution in [0, 0.1) is 6.92 Å². The second-order valence-corrected chi connectivity index (χ2v) is 7.32. The molecule has 3 heteroatoms. The van der Waals surface area contributed by atoms with E-state index < -0.39 is 0 Å². The van der Waals surface area contributed by atoms with Crippen LogP contribution in [0.25, 0.3) is 11.1 Å². The molecule has 4 aliphatic rings. The fourth-order valence-electron chi connectivity index (χ4n) is 4.69. The summed E-state index contributed by atoms with van der Waals surface area (Å²) in [5.74, 6) is 0.197. The average Bonchev–Trinajstić information content (AvgIpc) is 2.78. The molecule has 6 rings (SSSR count). The molecular formula is C21H22N2O. The summed E-state index contributed by atoms with van der Waals surface area (Å²) in [6.07, 6.45) is 2.48. The van der Waals surface area contributed by atoms with E-state index >= 15 is 0 Å². The molecule has 3 heterocycles. The second kappa shape index (κ2) is 5.18. The summed E-state index contributed by atoms with van der Waals surface area (Å²) >= 11 is 0. The first-order valence-electron chi connectivity index (χ1n) is 9.00. The highest BCUT2D eigenvalue weighted by Gasteiger charge is 2.32. The first-order chi connectivity index (χ1) is 11.7. The van der Waals surface area contributed by atoms with Gasteiger partial charge >= 0.3 is 0 Å². The highest BCUT2D eigenvalue weighted by molar-refractivity contribution is 6.22. The predicted octanol–water partition coefficient (Wildman–Crippen LogP) is 3.49. The molecule has 2 aromatic rings. The Kier molecular flexibility index (Phi) is 3.07. The number of carbonyl (C=O) groups excluding carboxylic acids is 1. The maximum atomic E-state index is 12.9. The quantitative estimate of drug-likeness (QED) is 0.686. The zero-order valence-corrected chi connectivity index (χ0v) is 14.1. The van der Waals surface area contributed by atoms with Gasteiger partial charge in [-0.05, 0) is 48.6 Å². The van der Waals surface area contributed by atoms with Gasteiger partial charge in [-0.1, -0.05) is 24.3 Å². The van der Waals surface area contributed by atoms with Crippen molar-refractivity contribution in [1.82, 2.24) is 4.90 Å². The molecule has 3 aliphatic heterocycles. The molecule has 3 saturated heterocycles. The molecule has 0 unspecified atom stereocenters. The number of benzene rings is 2. The van der Waals surface area contributed by atoms with Crippen molar-refractivity contribution in [3.05, 3.63) is 53.1 Å². The van der Waals surface area contributed by atoms with Crippen LogP contribution in [0.2, 0.25) is 0 Å². The van der Waals surface area contributed by atoms with E-state index in [4.69, 9.17) is 0 Å². The summed E-state index contributed by atoms with van der Waals surface area (Å²) < 4.78 is 0. The topological polar surface area (TPSA) is 23.6 Å². The van der Waals surface area contributed by atoms with Crippen LogP contribution in [0.5, 0.6) is 0 Å². The summed E-state index contributed by atoms with van der Waals surface area (Å²) in [5, 5.41) is 0. The predicted molar refractivity (Wildman–Crippen MR) is 96.9 cm³/mol. The molecule has 24 heavy (non-hydrogen) atoms. The van der Waals surface area contributed by atoms with Crippen LogP contribution in [0.3, 0.4) is 0 Å². The molecule has 0 saturated carbocycles. The number of hydrogen-bond acceptors (Lipinski definition) is 3. The standard InChI is InChI=1S/C21H22N2O/c1-14-3-2-4-18-17-6-5-16(13-19(17)21(24)20(14)18)23-12-11-22-9-7-15(23)8-10-22/h2-6,13,15H,7-12H2,1H3. The van der Waals surface area contributed by atoms with E-state index in [1.165, 1.54) is 31.6 Å². The van der Waals surface area contributed by atoms with Crippen LogP contribution in [-0.2, 0) is 0 Å². The Labute approximate surface area is 142 Å². The molecule has 3 nitrogen and oxygen atoms in total. The van der Waals surface area contributed by atoms with E-state index in [9.17, 15) is 4.79 Å². The normalized spacial score (nSPS) is 24.7. The van der Waals surface area contributed by atoms with Crippen LogP contribution < -0.4 is 4.90 Å². The van der Waals surface area contributed by atoms with Gasteiger partial charge in [0.15, 0.2) is 5.78 Å². The largest absolute Gasteiger partial charge is 0.367 e. The highest BCUT2D eigenvalue weighted by atomic mass is 16.1. The fourth-order valence-corrected chi connectivity index (χ4v) is 4.69. The third-order valence-electron chi connectivity index (χ3n) is 6.02. The Morgan fingerprint density at radius 1 is 0.917 bits per heavy atom. The van der Waals surface area contributed by atoms with E-state index in [1.54, 1.807) is 0 Å². The van der Waals surface area contributed by atoms with E-state index in [1.807, 2.05) is 19.1 Å². The Hall–Kier alpha value is -2.13. The Morgan fingerprint density at radius 2 is 1.75 bits per heavy atom. The van der Waals surface area contributed by atoms with Gasteiger partial charge in [-0.2, -0.15) is 0 Å². The Balaban J connectivity index is 1.57. The van der Waals surface area contributed by atoms with Gasteiger partial charge in [0, 0.05) is 49.0 Å². The maximum absolute atomic E-state index is 12.9. The minimum absolute atomic E-state index is 0.197. The monoisotopic (exact) mass is 318 g/mol. The lowest BCUT2D eigenvalue weighted by Crippen LogP contribution is -2.37. The summed E-state index contributed by atoms with van der Waals surface area (Å²) in [5.41, 5.74) is 6.29. The van der Waals surface area contributed by atoms with Crippen LogP contribution in [0.4, 0.5) is 5.69 Å². The SMILES string of the molecule is Cc1cccc2c1C(=O)c1cc(N3CCN4CCC3CC4)ccc1-2. The number of anilines is 1. The van der Waals surface area contributed by atoms with Crippen molar-refractivity contribution < 1.29 is 4.79 Å². The molecule has 0 atom stereocenters. The van der Waals surface area contributed by atoms with Gasteiger partial charge in [0.1, 0.15) is 0 Å². The molecule has 1 aliphatic carbocycles. The Morgan fingerprint density at radius 3 is 2.58 bits per heavy atom. The highest BCUT2D eigenvalue weighted by Crippen LogP contribution is 2.40. The molecule has 122 valence electrons. The van der Waals surface area contributed by atoms with E-state index in [0.29, 0.717) is 6.04 Å². The number of nitrogens with zero attached hydrogens (tertiary/aromatic N) is 2. The third kappa shape index (κ3) is 1.97. The molecule has 0 aromatic heterocycles. The molecule has 0 N–H and O–H groups in total. The number of rotatable bonds is 1. The van der Waals surface area contributed by atoms with Crippen LogP contribution in [-0.4, -0.2) is 42.9 Å². The van der Waals surface area contributed by atoms with Gasteiger partial charge in [0.05, 0.1) is 0 Å². The van der Waals surface area contributed by atoms with Gasteiger partial charge < -0.3 is 9.80 Å². The summed E-state index contributed by atoms with van der Waals surface area (Å²) in [7, 11) is 0. The van der Waals surface area contributed by atoms with Gasteiger partial charge in [-0.25, -0.2) is 0 Å². The van der Waals surface area contributed by atoms with Crippen molar-refractivity contribution in [2.24, 2.45) is 0 Å². The molecule has 2 aromatic carbocycles. The number of fused-ring (bicyclic) bond motifs is 7. The van der Waals surface area contributed by atoms with Gasteiger partial charge in [0.25, 0.3) is 0 Å². The van der Waals surface area contributed by atoms with Crippen molar-refractivity contribution in [1.29, 1.82) is 0 Å². The van der Waals surface area contributed by atoms with Crippen molar-refractivity contribution in [3.63, 3.8) is 0 Å². The van der Waals surface area contributed by atoms with Gasteiger partial charge in [-0.3, -0.25) is 4.79 Å². The number of hydrogen-bond donors (Lipinski definition) is 0. The number of carbonyl (C=O) groups is 1.